The molecule has 0 aliphatic carbocycles. The second-order valence-electron chi connectivity index (χ2n) is 5.73. The van der Waals surface area contributed by atoms with E-state index in [9.17, 15) is 17.5 Å². The van der Waals surface area contributed by atoms with Crippen LogP contribution >= 0.6 is 0 Å². The largest absolute Gasteiger partial charge is 0.597 e. The number of rotatable bonds is 4. The van der Waals surface area contributed by atoms with E-state index in [1.807, 2.05) is 4.31 Å². The van der Waals surface area contributed by atoms with Crippen molar-refractivity contribution in [2.45, 2.75) is 56.5 Å². The quantitative estimate of drug-likeness (QED) is 0.629. The molecule has 5 nitrogen and oxygen atoms in total. The van der Waals surface area contributed by atoms with Crippen LogP contribution in [0.1, 0.15) is 47.0 Å². The second-order valence-corrected chi connectivity index (χ2v) is 9.74. The van der Waals surface area contributed by atoms with E-state index >= 15 is 0 Å². The van der Waals surface area contributed by atoms with E-state index in [1.165, 1.54) is 13.8 Å². The zero-order valence-corrected chi connectivity index (χ0v) is 13.1. The van der Waals surface area contributed by atoms with Gasteiger partial charge in [-0.1, -0.05) is 6.42 Å². The molecule has 1 heterocycles. The molecule has 1 rings (SSSR count). The van der Waals surface area contributed by atoms with Gasteiger partial charge in [-0.05, 0) is 40.5 Å². The molecule has 18 heavy (non-hydrogen) atoms. The number of piperidine rings is 1. The maximum absolute atomic E-state index is 12.6. The van der Waals surface area contributed by atoms with Crippen LogP contribution in [0.4, 0.5) is 0 Å². The molecule has 7 heteroatoms. The molecule has 1 aliphatic heterocycles. The lowest BCUT2D eigenvalue weighted by atomic mass is 9.98. The van der Waals surface area contributed by atoms with Gasteiger partial charge in [-0.3, -0.25) is 4.55 Å². The van der Waals surface area contributed by atoms with E-state index in [1.54, 1.807) is 13.8 Å². The van der Waals surface area contributed by atoms with Gasteiger partial charge in [-0.15, -0.1) is 4.31 Å². The average Bonchev–Trinajstić information content (AvgIpc) is 2.27. The third-order valence-corrected chi connectivity index (χ3v) is 8.23. The minimum Gasteiger partial charge on any atom is -0.597 e. The van der Waals surface area contributed by atoms with Crippen molar-refractivity contribution in [3.8, 4) is 0 Å². The van der Waals surface area contributed by atoms with E-state index in [4.69, 9.17) is 0 Å². The van der Waals surface area contributed by atoms with Gasteiger partial charge >= 0.3 is 0 Å². The molecule has 1 N–H and O–H groups in total. The van der Waals surface area contributed by atoms with Gasteiger partial charge in [0.25, 0.3) is 10.1 Å². The smallest absolute Gasteiger partial charge is 0.275 e. The SMILES string of the molecule is CC(C)([S+]([O-])N1CCCCC1)C(C)(C)S(=O)(=O)O. The molecule has 0 aromatic rings. The second kappa shape index (κ2) is 5.28. The Labute approximate surface area is 113 Å². The van der Waals surface area contributed by atoms with Gasteiger partial charge in [-0.25, -0.2) is 0 Å². The van der Waals surface area contributed by atoms with E-state index < -0.39 is 31.0 Å². The summed E-state index contributed by atoms with van der Waals surface area (Å²) in [4.78, 5) is 0. The molecule has 0 radical (unpaired) electrons. The fourth-order valence-electron chi connectivity index (χ4n) is 1.87. The molecule has 1 fully saturated rings. The normalized spacial score (nSPS) is 21.9. The van der Waals surface area contributed by atoms with Crippen molar-refractivity contribution in [1.29, 1.82) is 0 Å². The first-order valence-corrected chi connectivity index (χ1v) is 8.70. The highest BCUT2D eigenvalue weighted by Crippen LogP contribution is 2.38. The molecule has 0 amide bonds. The van der Waals surface area contributed by atoms with Crippen LogP contribution in [0.25, 0.3) is 0 Å². The van der Waals surface area contributed by atoms with Crippen molar-refractivity contribution in [1.82, 2.24) is 4.31 Å². The van der Waals surface area contributed by atoms with Crippen molar-refractivity contribution in [3.63, 3.8) is 0 Å². The summed E-state index contributed by atoms with van der Waals surface area (Å²) in [6.45, 7) is 7.54. The fraction of sp³-hybridized carbons (Fsp3) is 1.00. The van der Waals surface area contributed by atoms with E-state index in [2.05, 4.69) is 0 Å². The lowest BCUT2D eigenvalue weighted by Gasteiger charge is -2.43. The molecule has 0 saturated carbocycles. The summed E-state index contributed by atoms with van der Waals surface area (Å²) in [6.07, 6.45) is 3.08. The van der Waals surface area contributed by atoms with Crippen LogP contribution < -0.4 is 0 Å². The predicted molar refractivity (Wildman–Crippen MR) is 73.3 cm³/mol. The Morgan fingerprint density at radius 1 is 1.11 bits per heavy atom. The van der Waals surface area contributed by atoms with Crippen LogP contribution in [0.3, 0.4) is 0 Å². The maximum Gasteiger partial charge on any atom is 0.275 e. The van der Waals surface area contributed by atoms with Crippen LogP contribution in [-0.2, 0) is 21.5 Å². The zero-order chi connectivity index (χ0) is 14.2. The van der Waals surface area contributed by atoms with Crippen molar-refractivity contribution in [2.24, 2.45) is 0 Å². The summed E-state index contributed by atoms with van der Waals surface area (Å²) in [5.41, 5.74) is 0. The highest BCUT2D eigenvalue weighted by Gasteiger charge is 2.57. The Balaban J connectivity index is 2.97. The fourth-order valence-corrected chi connectivity index (χ4v) is 4.68. The Bertz CT molecular complexity index is 386. The van der Waals surface area contributed by atoms with Crippen molar-refractivity contribution in [3.05, 3.63) is 0 Å². The minimum absolute atomic E-state index is 0.720. The molecule has 0 aromatic carbocycles. The summed E-state index contributed by atoms with van der Waals surface area (Å²) in [7, 11) is -4.26. The predicted octanol–water partition coefficient (Wildman–Crippen LogP) is 1.58. The number of hydrogen-bond acceptors (Lipinski definition) is 4. The van der Waals surface area contributed by atoms with Crippen molar-refractivity contribution >= 4 is 21.5 Å². The molecule has 1 atom stereocenters. The molecule has 1 unspecified atom stereocenters. The lowest BCUT2D eigenvalue weighted by Crippen LogP contribution is -2.60. The first-order chi connectivity index (χ1) is 8.02. The monoisotopic (exact) mass is 297 g/mol. The van der Waals surface area contributed by atoms with Crippen LogP contribution in [0.5, 0.6) is 0 Å². The highest BCUT2D eigenvalue weighted by molar-refractivity contribution is 7.93. The molecule has 1 saturated heterocycles. The number of hydrogen-bond donors (Lipinski definition) is 1. The number of nitrogens with zero attached hydrogens (tertiary/aromatic N) is 1. The Morgan fingerprint density at radius 2 is 1.56 bits per heavy atom. The summed E-state index contributed by atoms with van der Waals surface area (Å²) in [6, 6.07) is 0. The van der Waals surface area contributed by atoms with Crippen molar-refractivity contribution in [2.75, 3.05) is 13.1 Å². The average molecular weight is 297 g/mol. The maximum atomic E-state index is 12.6. The third kappa shape index (κ3) is 2.85. The van der Waals surface area contributed by atoms with Crippen LogP contribution in [0.2, 0.25) is 0 Å². The first kappa shape index (κ1) is 16.2. The third-order valence-electron chi connectivity index (χ3n) is 4.08. The van der Waals surface area contributed by atoms with Crippen molar-refractivity contribution < 1.29 is 17.5 Å². The van der Waals surface area contributed by atoms with Gasteiger partial charge < -0.3 is 4.55 Å². The van der Waals surface area contributed by atoms with E-state index in [-0.39, 0.29) is 0 Å². The Hall–Kier alpha value is 0.180. The molecule has 0 aromatic heterocycles. The first-order valence-electron chi connectivity index (χ1n) is 6.16. The highest BCUT2D eigenvalue weighted by atomic mass is 32.2. The molecule has 0 bridgehead atoms. The van der Waals surface area contributed by atoms with Crippen LogP contribution in [0.15, 0.2) is 0 Å². The van der Waals surface area contributed by atoms with Gasteiger partial charge in [-0.2, -0.15) is 8.42 Å². The van der Waals surface area contributed by atoms with Gasteiger partial charge in [0.05, 0.1) is 0 Å². The summed E-state index contributed by atoms with van der Waals surface area (Å²) >= 11 is -1.44. The zero-order valence-electron chi connectivity index (χ0n) is 11.5. The Morgan fingerprint density at radius 3 is 1.94 bits per heavy atom. The summed E-state index contributed by atoms with van der Waals surface area (Å²) in [5.74, 6) is 0. The molecular formula is C11H23NO4S2. The van der Waals surface area contributed by atoms with E-state index in [0.29, 0.717) is 0 Å². The summed E-state index contributed by atoms with van der Waals surface area (Å²) in [5, 5.41) is 0. The minimum atomic E-state index is -4.26. The summed E-state index contributed by atoms with van der Waals surface area (Å²) < 4.78 is 44.2. The lowest BCUT2D eigenvalue weighted by molar-refractivity contribution is 0.320. The van der Waals surface area contributed by atoms with Gasteiger partial charge in [0.1, 0.15) is 4.75 Å². The standard InChI is InChI=1S/C11H23NO4S2/c1-10(2,11(3,4)18(14,15)16)17(13)12-8-6-5-7-9-12/h5-9H2,1-4H3,(H,14,15,16). The van der Waals surface area contributed by atoms with Gasteiger partial charge in [0.15, 0.2) is 4.75 Å². The van der Waals surface area contributed by atoms with E-state index in [0.717, 1.165) is 32.4 Å². The van der Waals surface area contributed by atoms with Gasteiger partial charge in [0.2, 0.25) is 0 Å². The molecule has 1 aliphatic rings. The Kier molecular flexibility index (Phi) is 4.76. The van der Waals surface area contributed by atoms with Crippen LogP contribution in [-0.4, -0.2) is 44.4 Å². The molecule has 0 spiro atoms. The van der Waals surface area contributed by atoms with Crippen LogP contribution in [0, 0.1) is 0 Å². The molecule has 108 valence electrons. The topological polar surface area (TPSA) is 80.7 Å². The molecular weight excluding hydrogens is 274 g/mol. The van der Waals surface area contributed by atoms with Gasteiger partial charge in [0, 0.05) is 24.5 Å².